The molecule has 2 rings (SSSR count). The number of amides is 1. The lowest BCUT2D eigenvalue weighted by atomic mass is 9.93. The summed E-state index contributed by atoms with van der Waals surface area (Å²) in [5.41, 5.74) is 2.54. The molecule has 0 aliphatic heterocycles. The molecule has 2 aromatic rings. The van der Waals surface area contributed by atoms with Crippen molar-refractivity contribution < 1.29 is 17.9 Å². The van der Waals surface area contributed by atoms with E-state index >= 15 is 0 Å². The van der Waals surface area contributed by atoms with Crippen molar-refractivity contribution in [2.75, 3.05) is 14.2 Å². The fraction of sp³-hybridized carbons (Fsp3) is 0.435. The average molecular weight is 433 g/mol. The number of carbonyl (C=O) groups is 1. The normalized spacial score (nSPS) is 12.8. The van der Waals surface area contributed by atoms with Crippen LogP contribution in [0.15, 0.2) is 47.4 Å². The zero-order valence-corrected chi connectivity index (χ0v) is 19.3. The summed E-state index contributed by atoms with van der Waals surface area (Å²) in [4.78, 5) is 12.9. The minimum atomic E-state index is -3.76. The molecule has 0 aromatic heterocycles. The molecule has 0 aliphatic rings. The minimum absolute atomic E-state index is 0.0701. The number of methoxy groups -OCH3 is 1. The molecule has 30 heavy (non-hydrogen) atoms. The van der Waals surface area contributed by atoms with Crippen molar-refractivity contribution in [2.24, 2.45) is 11.8 Å². The number of rotatable bonds is 9. The van der Waals surface area contributed by atoms with Crippen LogP contribution in [0.25, 0.3) is 0 Å². The quantitative estimate of drug-likeness (QED) is 0.629. The molecule has 7 heteroatoms. The van der Waals surface area contributed by atoms with Crippen molar-refractivity contribution in [3.05, 3.63) is 59.2 Å². The van der Waals surface area contributed by atoms with E-state index in [1.54, 1.807) is 6.07 Å². The van der Waals surface area contributed by atoms with Gasteiger partial charge in [0, 0.05) is 5.56 Å². The first-order chi connectivity index (χ1) is 14.1. The Labute approximate surface area is 180 Å². The Bertz CT molecular complexity index is 967. The predicted molar refractivity (Wildman–Crippen MR) is 119 cm³/mol. The Morgan fingerprint density at radius 3 is 2.17 bits per heavy atom. The van der Waals surface area contributed by atoms with Crippen molar-refractivity contribution in [1.82, 2.24) is 10.0 Å². The van der Waals surface area contributed by atoms with Gasteiger partial charge in [-0.05, 0) is 54.6 Å². The summed E-state index contributed by atoms with van der Waals surface area (Å²) in [5, 5.41) is 3.05. The van der Waals surface area contributed by atoms with Crippen LogP contribution in [0.5, 0.6) is 5.75 Å². The SMILES string of the molecule is CNS(=O)(=O)c1cc(C(=O)NC(c2ccc(CC(C)C)cc2)C(C)C)ccc1OC. The van der Waals surface area contributed by atoms with E-state index in [9.17, 15) is 13.2 Å². The molecule has 2 N–H and O–H groups in total. The highest BCUT2D eigenvalue weighted by molar-refractivity contribution is 7.89. The van der Waals surface area contributed by atoms with E-state index in [1.165, 1.54) is 31.9 Å². The van der Waals surface area contributed by atoms with E-state index in [2.05, 4.69) is 36.0 Å². The highest BCUT2D eigenvalue weighted by atomic mass is 32.2. The number of benzene rings is 2. The van der Waals surface area contributed by atoms with Gasteiger partial charge in [-0.2, -0.15) is 0 Å². The van der Waals surface area contributed by atoms with Crippen molar-refractivity contribution in [1.29, 1.82) is 0 Å². The maximum absolute atomic E-state index is 12.9. The Morgan fingerprint density at radius 1 is 1.03 bits per heavy atom. The highest BCUT2D eigenvalue weighted by Crippen LogP contribution is 2.27. The molecule has 2 aromatic carbocycles. The van der Waals surface area contributed by atoms with Crippen LogP contribution in [0.4, 0.5) is 0 Å². The number of hydrogen-bond donors (Lipinski definition) is 2. The number of hydrogen-bond acceptors (Lipinski definition) is 4. The Hall–Kier alpha value is -2.38. The molecular weight excluding hydrogens is 400 g/mol. The third kappa shape index (κ3) is 5.83. The molecule has 0 fully saturated rings. The van der Waals surface area contributed by atoms with Crippen LogP contribution in [0.2, 0.25) is 0 Å². The monoisotopic (exact) mass is 432 g/mol. The fourth-order valence-corrected chi connectivity index (χ4v) is 4.25. The molecule has 0 saturated heterocycles. The van der Waals surface area contributed by atoms with E-state index in [0.717, 1.165) is 12.0 Å². The van der Waals surface area contributed by atoms with Gasteiger partial charge >= 0.3 is 0 Å². The van der Waals surface area contributed by atoms with Crippen LogP contribution >= 0.6 is 0 Å². The third-order valence-electron chi connectivity index (χ3n) is 4.92. The standard InChI is InChI=1S/C23H32N2O4S/c1-15(2)13-17-7-9-18(10-8-17)22(16(3)4)25-23(26)19-11-12-20(29-6)21(14-19)30(27,28)24-5/h7-12,14-16,22,24H,13H2,1-6H3,(H,25,26). The number of sulfonamides is 1. The van der Waals surface area contributed by atoms with Gasteiger partial charge in [-0.1, -0.05) is 52.0 Å². The fourth-order valence-electron chi connectivity index (χ4n) is 3.33. The lowest BCUT2D eigenvalue weighted by molar-refractivity contribution is 0.0925. The van der Waals surface area contributed by atoms with Gasteiger partial charge in [-0.25, -0.2) is 13.1 Å². The summed E-state index contributed by atoms with van der Waals surface area (Å²) in [6.07, 6.45) is 1.01. The second-order valence-electron chi connectivity index (χ2n) is 8.11. The molecular formula is C23H32N2O4S. The van der Waals surface area contributed by atoms with Crippen LogP contribution in [0.1, 0.15) is 55.2 Å². The molecule has 0 spiro atoms. The molecule has 164 valence electrons. The zero-order chi connectivity index (χ0) is 22.5. The Kier molecular flexibility index (Phi) is 8.03. The largest absolute Gasteiger partial charge is 0.495 e. The van der Waals surface area contributed by atoms with Gasteiger partial charge in [0.1, 0.15) is 10.6 Å². The van der Waals surface area contributed by atoms with Crippen molar-refractivity contribution in [2.45, 2.75) is 45.1 Å². The van der Waals surface area contributed by atoms with Crippen LogP contribution in [0, 0.1) is 11.8 Å². The summed E-state index contributed by atoms with van der Waals surface area (Å²) >= 11 is 0. The number of nitrogens with one attached hydrogen (secondary N) is 2. The van der Waals surface area contributed by atoms with Crippen LogP contribution in [-0.2, 0) is 16.4 Å². The summed E-state index contributed by atoms with van der Waals surface area (Å²) in [6, 6.07) is 12.5. The first kappa shape index (κ1) is 23.9. The second-order valence-corrected chi connectivity index (χ2v) is 9.96. The Morgan fingerprint density at radius 2 is 1.67 bits per heavy atom. The molecule has 0 heterocycles. The summed E-state index contributed by atoms with van der Waals surface area (Å²) in [5.74, 6) is 0.579. The Balaban J connectivity index is 2.30. The predicted octanol–water partition coefficient (Wildman–Crippen LogP) is 3.93. The van der Waals surface area contributed by atoms with Gasteiger partial charge in [-0.15, -0.1) is 0 Å². The van der Waals surface area contributed by atoms with Crippen LogP contribution in [0.3, 0.4) is 0 Å². The van der Waals surface area contributed by atoms with Crippen molar-refractivity contribution >= 4 is 15.9 Å². The first-order valence-corrected chi connectivity index (χ1v) is 11.6. The van der Waals surface area contributed by atoms with Gasteiger partial charge in [0.25, 0.3) is 5.91 Å². The van der Waals surface area contributed by atoms with Crippen molar-refractivity contribution in [3.63, 3.8) is 0 Å². The van der Waals surface area contributed by atoms with E-state index < -0.39 is 10.0 Å². The summed E-state index contributed by atoms with van der Waals surface area (Å²) in [7, 11) is -1.05. The molecule has 1 unspecified atom stereocenters. The van der Waals surface area contributed by atoms with Gasteiger partial charge in [0.05, 0.1) is 13.2 Å². The maximum atomic E-state index is 12.9. The number of ether oxygens (including phenoxy) is 1. The molecule has 0 aliphatic carbocycles. The van der Waals surface area contributed by atoms with Gasteiger partial charge in [-0.3, -0.25) is 4.79 Å². The smallest absolute Gasteiger partial charge is 0.251 e. The van der Waals surface area contributed by atoms with Gasteiger partial charge in [0.15, 0.2) is 0 Å². The van der Waals surface area contributed by atoms with E-state index in [0.29, 0.717) is 5.92 Å². The zero-order valence-electron chi connectivity index (χ0n) is 18.5. The molecule has 0 bridgehead atoms. The number of carbonyl (C=O) groups excluding carboxylic acids is 1. The molecule has 0 saturated carbocycles. The summed E-state index contributed by atoms with van der Waals surface area (Å²) < 4.78 is 32.0. The van der Waals surface area contributed by atoms with Gasteiger partial charge in [0.2, 0.25) is 10.0 Å². The maximum Gasteiger partial charge on any atom is 0.251 e. The van der Waals surface area contributed by atoms with E-state index in [4.69, 9.17) is 4.74 Å². The second kappa shape index (κ2) is 10.1. The highest BCUT2D eigenvalue weighted by Gasteiger charge is 2.23. The first-order valence-electron chi connectivity index (χ1n) is 10.1. The lowest BCUT2D eigenvalue weighted by Crippen LogP contribution is -2.32. The van der Waals surface area contributed by atoms with Gasteiger partial charge < -0.3 is 10.1 Å². The molecule has 1 atom stereocenters. The molecule has 1 amide bonds. The third-order valence-corrected chi connectivity index (χ3v) is 6.36. The van der Waals surface area contributed by atoms with Crippen LogP contribution in [-0.4, -0.2) is 28.5 Å². The van der Waals surface area contributed by atoms with Crippen molar-refractivity contribution in [3.8, 4) is 5.75 Å². The minimum Gasteiger partial charge on any atom is -0.495 e. The molecule has 0 radical (unpaired) electrons. The summed E-state index contributed by atoms with van der Waals surface area (Å²) in [6.45, 7) is 8.45. The molecule has 6 nitrogen and oxygen atoms in total. The lowest BCUT2D eigenvalue weighted by Gasteiger charge is -2.23. The van der Waals surface area contributed by atoms with Crippen LogP contribution < -0.4 is 14.8 Å². The average Bonchev–Trinajstić information content (AvgIpc) is 2.71. The topological polar surface area (TPSA) is 84.5 Å². The van der Waals surface area contributed by atoms with E-state index in [1.807, 2.05) is 26.0 Å². The van der Waals surface area contributed by atoms with E-state index in [-0.39, 0.29) is 34.1 Å².